The topological polar surface area (TPSA) is 30.5 Å². The summed E-state index contributed by atoms with van der Waals surface area (Å²) in [4.78, 5) is 1.34. The van der Waals surface area contributed by atoms with E-state index in [0.717, 1.165) is 13.0 Å². The Morgan fingerprint density at radius 1 is 1.47 bits per heavy atom. The number of ether oxygens (including phenoxy) is 2. The lowest BCUT2D eigenvalue weighted by atomic mass is 9.91. The van der Waals surface area contributed by atoms with Crippen molar-refractivity contribution >= 4 is 11.3 Å². The molecule has 1 atom stereocenters. The minimum atomic E-state index is -0.241. The van der Waals surface area contributed by atoms with Gasteiger partial charge in [-0.3, -0.25) is 0 Å². The maximum Gasteiger partial charge on any atom is 0.179 e. The molecule has 84 valence electrons. The molecule has 15 heavy (non-hydrogen) atoms. The van der Waals surface area contributed by atoms with Gasteiger partial charge in [-0.2, -0.15) is 0 Å². The third-order valence-corrected chi connectivity index (χ3v) is 4.20. The molecule has 2 rings (SSSR count). The standard InChI is InChI=1S/C11H17NO2S/c1-11(10(13-2)14-3)9-8(4-6-12-11)5-7-15-9/h5,7,10,12H,4,6H2,1-3H3. The normalized spacial score (nSPS) is 25.6. The molecule has 1 aliphatic rings. The molecule has 0 bridgehead atoms. The smallest absolute Gasteiger partial charge is 0.179 e. The van der Waals surface area contributed by atoms with Gasteiger partial charge in [0.15, 0.2) is 6.29 Å². The van der Waals surface area contributed by atoms with Crippen LogP contribution in [-0.2, 0) is 21.4 Å². The summed E-state index contributed by atoms with van der Waals surface area (Å²) in [6, 6.07) is 2.20. The van der Waals surface area contributed by atoms with Crippen molar-refractivity contribution in [2.24, 2.45) is 0 Å². The van der Waals surface area contributed by atoms with Gasteiger partial charge >= 0.3 is 0 Å². The zero-order chi connectivity index (χ0) is 10.9. The van der Waals surface area contributed by atoms with Crippen LogP contribution in [0.5, 0.6) is 0 Å². The highest BCUT2D eigenvalue weighted by molar-refractivity contribution is 7.10. The SMILES string of the molecule is COC(OC)C1(C)NCCc2ccsc21. The number of methoxy groups -OCH3 is 2. The first-order valence-electron chi connectivity index (χ1n) is 5.10. The lowest BCUT2D eigenvalue weighted by Crippen LogP contribution is -2.53. The van der Waals surface area contributed by atoms with E-state index in [-0.39, 0.29) is 11.8 Å². The number of hydrogen-bond acceptors (Lipinski definition) is 4. The molecule has 0 aromatic carbocycles. The minimum Gasteiger partial charge on any atom is -0.354 e. The van der Waals surface area contributed by atoms with Crippen LogP contribution in [0, 0.1) is 0 Å². The second-order valence-corrected chi connectivity index (χ2v) is 4.87. The van der Waals surface area contributed by atoms with Gasteiger partial charge in [0, 0.05) is 25.6 Å². The van der Waals surface area contributed by atoms with Gasteiger partial charge in [0.25, 0.3) is 0 Å². The molecule has 3 nitrogen and oxygen atoms in total. The van der Waals surface area contributed by atoms with Crippen LogP contribution in [0.15, 0.2) is 11.4 Å². The van der Waals surface area contributed by atoms with Crippen LogP contribution in [-0.4, -0.2) is 27.1 Å². The average Bonchev–Trinajstić information content (AvgIpc) is 2.69. The Hall–Kier alpha value is -0.420. The molecule has 2 heterocycles. The van der Waals surface area contributed by atoms with E-state index in [9.17, 15) is 0 Å². The molecule has 0 amide bonds. The fraction of sp³-hybridized carbons (Fsp3) is 0.636. The average molecular weight is 227 g/mol. The van der Waals surface area contributed by atoms with Crippen molar-refractivity contribution in [1.82, 2.24) is 5.32 Å². The fourth-order valence-corrected chi connectivity index (χ4v) is 3.39. The Labute approximate surface area is 94.4 Å². The molecule has 0 saturated carbocycles. The minimum absolute atomic E-state index is 0.217. The summed E-state index contributed by atoms with van der Waals surface area (Å²) in [6.45, 7) is 3.11. The van der Waals surface area contributed by atoms with Crippen molar-refractivity contribution in [1.29, 1.82) is 0 Å². The highest BCUT2D eigenvalue weighted by Crippen LogP contribution is 2.36. The fourth-order valence-electron chi connectivity index (χ4n) is 2.28. The van der Waals surface area contributed by atoms with Gasteiger partial charge in [0.05, 0.1) is 0 Å². The lowest BCUT2D eigenvalue weighted by Gasteiger charge is -2.39. The lowest BCUT2D eigenvalue weighted by molar-refractivity contribution is -0.154. The molecule has 0 aliphatic carbocycles. The van der Waals surface area contributed by atoms with E-state index < -0.39 is 0 Å². The highest BCUT2D eigenvalue weighted by atomic mass is 32.1. The van der Waals surface area contributed by atoms with Gasteiger partial charge in [-0.05, 0) is 30.4 Å². The van der Waals surface area contributed by atoms with E-state index in [1.54, 1.807) is 25.6 Å². The number of nitrogens with one attached hydrogen (secondary N) is 1. The quantitative estimate of drug-likeness (QED) is 0.798. The second kappa shape index (κ2) is 4.22. The van der Waals surface area contributed by atoms with Crippen LogP contribution in [0.3, 0.4) is 0 Å². The summed E-state index contributed by atoms with van der Waals surface area (Å²) in [5, 5.41) is 5.64. The first-order chi connectivity index (χ1) is 7.22. The van der Waals surface area contributed by atoms with Crippen molar-refractivity contribution < 1.29 is 9.47 Å². The van der Waals surface area contributed by atoms with Crippen LogP contribution in [0.25, 0.3) is 0 Å². The molecule has 1 aliphatic heterocycles. The number of thiophene rings is 1. The molecule has 1 unspecified atom stereocenters. The van der Waals surface area contributed by atoms with E-state index in [1.807, 2.05) is 0 Å². The third kappa shape index (κ3) is 1.72. The van der Waals surface area contributed by atoms with Gasteiger partial charge in [0.1, 0.15) is 5.54 Å². The number of hydrogen-bond donors (Lipinski definition) is 1. The second-order valence-electron chi connectivity index (χ2n) is 3.96. The van der Waals surface area contributed by atoms with Gasteiger partial charge in [-0.25, -0.2) is 0 Å². The highest BCUT2D eigenvalue weighted by Gasteiger charge is 2.40. The predicted molar refractivity (Wildman–Crippen MR) is 61.2 cm³/mol. The van der Waals surface area contributed by atoms with Crippen molar-refractivity contribution in [2.45, 2.75) is 25.2 Å². The van der Waals surface area contributed by atoms with Crippen LogP contribution >= 0.6 is 11.3 Å². The Bertz CT molecular complexity index is 335. The van der Waals surface area contributed by atoms with Crippen LogP contribution < -0.4 is 5.32 Å². The molecule has 0 radical (unpaired) electrons. The van der Waals surface area contributed by atoms with Crippen LogP contribution in [0.4, 0.5) is 0 Å². The van der Waals surface area contributed by atoms with Crippen molar-refractivity contribution in [2.75, 3.05) is 20.8 Å². The van der Waals surface area contributed by atoms with Crippen molar-refractivity contribution in [3.63, 3.8) is 0 Å². The largest absolute Gasteiger partial charge is 0.354 e. The summed E-state index contributed by atoms with van der Waals surface area (Å²) >= 11 is 1.77. The molecular weight excluding hydrogens is 210 g/mol. The van der Waals surface area contributed by atoms with E-state index in [1.165, 1.54) is 10.4 Å². The molecule has 0 spiro atoms. The van der Waals surface area contributed by atoms with Crippen LogP contribution in [0.2, 0.25) is 0 Å². The first-order valence-corrected chi connectivity index (χ1v) is 5.98. The van der Waals surface area contributed by atoms with Crippen molar-refractivity contribution in [3.05, 3.63) is 21.9 Å². The predicted octanol–water partition coefficient (Wildman–Crippen LogP) is 1.73. The first kappa shape index (κ1) is 11.1. The maximum absolute atomic E-state index is 5.39. The monoisotopic (exact) mass is 227 g/mol. The zero-order valence-electron chi connectivity index (χ0n) is 9.37. The summed E-state index contributed by atoms with van der Waals surface area (Å²) in [7, 11) is 3.37. The maximum atomic E-state index is 5.39. The Morgan fingerprint density at radius 2 is 2.20 bits per heavy atom. The Kier molecular flexibility index (Phi) is 3.11. The molecule has 1 aromatic rings. The summed E-state index contributed by atoms with van der Waals surface area (Å²) < 4.78 is 10.8. The van der Waals surface area contributed by atoms with E-state index in [2.05, 4.69) is 23.7 Å². The summed E-state index contributed by atoms with van der Waals surface area (Å²) in [6.07, 6.45) is 0.851. The molecular formula is C11H17NO2S. The number of rotatable bonds is 3. The van der Waals surface area contributed by atoms with E-state index in [0.29, 0.717) is 0 Å². The molecule has 0 fully saturated rings. The van der Waals surface area contributed by atoms with E-state index >= 15 is 0 Å². The third-order valence-electron chi connectivity index (χ3n) is 3.00. The van der Waals surface area contributed by atoms with Crippen LogP contribution in [0.1, 0.15) is 17.4 Å². The van der Waals surface area contributed by atoms with Crippen molar-refractivity contribution in [3.8, 4) is 0 Å². The van der Waals surface area contributed by atoms with E-state index in [4.69, 9.17) is 9.47 Å². The van der Waals surface area contributed by atoms with Gasteiger partial charge in [0.2, 0.25) is 0 Å². The zero-order valence-corrected chi connectivity index (χ0v) is 10.2. The summed E-state index contributed by atoms with van der Waals surface area (Å²) in [5.74, 6) is 0. The Morgan fingerprint density at radius 3 is 2.87 bits per heavy atom. The summed E-state index contributed by atoms with van der Waals surface area (Å²) in [5.41, 5.74) is 1.20. The molecule has 4 heteroatoms. The molecule has 0 saturated heterocycles. The van der Waals surface area contributed by atoms with Gasteiger partial charge in [-0.1, -0.05) is 0 Å². The molecule has 1 aromatic heterocycles. The molecule has 1 N–H and O–H groups in total. The Balaban J connectivity index is 2.37. The van der Waals surface area contributed by atoms with Gasteiger partial charge < -0.3 is 14.8 Å². The van der Waals surface area contributed by atoms with Gasteiger partial charge in [-0.15, -0.1) is 11.3 Å². The number of fused-ring (bicyclic) bond motifs is 1.